The molecule has 1 aromatic heterocycles. The number of hydrogen-bond acceptors (Lipinski definition) is 7. The number of nitrogens with zero attached hydrogens (tertiary/aromatic N) is 4. The minimum Gasteiger partial charge on any atom is -0.368 e. The Hall–Kier alpha value is -2.87. The number of nitrogen functional groups attached to an aromatic ring is 2. The van der Waals surface area contributed by atoms with Gasteiger partial charge in [0.05, 0.1) is 21.2 Å². The molecule has 2 aliphatic rings. The standard InChI is InChI=1S/C21H21ClF3N7O2S/c22-16-10-13(32-19(27)29-18(26)30-32)9-15(21(23,24)25)17(16)12-1-3-14(4-2-12)35(33,34)31-8-7-28-11-20(31)5-6-20/h1-4,9-10,28H,5-8,11H2,(H4,26,27,29,30). The summed E-state index contributed by atoms with van der Waals surface area (Å²) in [6.45, 7) is 1.46. The van der Waals surface area contributed by atoms with E-state index in [2.05, 4.69) is 15.4 Å². The van der Waals surface area contributed by atoms with Crippen LogP contribution in [0.4, 0.5) is 25.1 Å². The second-order valence-corrected chi connectivity index (χ2v) is 10.9. The lowest BCUT2D eigenvalue weighted by Gasteiger charge is -2.35. The Kier molecular flexibility index (Phi) is 5.51. The first kappa shape index (κ1) is 23.9. The van der Waals surface area contributed by atoms with E-state index in [1.54, 1.807) is 0 Å². The first-order valence-electron chi connectivity index (χ1n) is 10.7. The highest BCUT2D eigenvalue weighted by Gasteiger charge is 2.54. The molecule has 1 aliphatic heterocycles. The van der Waals surface area contributed by atoms with E-state index in [0.29, 0.717) is 19.6 Å². The van der Waals surface area contributed by atoms with Crippen LogP contribution in [-0.4, -0.2) is 52.7 Å². The van der Waals surface area contributed by atoms with Gasteiger partial charge in [0.25, 0.3) is 0 Å². The molecular formula is C21H21ClF3N7O2S. The van der Waals surface area contributed by atoms with Crippen molar-refractivity contribution in [1.82, 2.24) is 24.4 Å². The van der Waals surface area contributed by atoms with E-state index < -0.39 is 27.3 Å². The van der Waals surface area contributed by atoms with Crippen molar-refractivity contribution >= 4 is 33.5 Å². The Morgan fingerprint density at radius 2 is 1.80 bits per heavy atom. The van der Waals surface area contributed by atoms with Crippen LogP contribution in [0.25, 0.3) is 16.8 Å². The lowest BCUT2D eigenvalue weighted by molar-refractivity contribution is -0.137. The van der Waals surface area contributed by atoms with Gasteiger partial charge >= 0.3 is 6.18 Å². The molecule has 186 valence electrons. The van der Waals surface area contributed by atoms with Crippen LogP contribution < -0.4 is 16.8 Å². The largest absolute Gasteiger partial charge is 0.417 e. The predicted octanol–water partition coefficient (Wildman–Crippen LogP) is 2.90. The topological polar surface area (TPSA) is 132 Å². The van der Waals surface area contributed by atoms with Crippen LogP contribution in [0.15, 0.2) is 41.3 Å². The van der Waals surface area contributed by atoms with E-state index in [-0.39, 0.29) is 38.6 Å². The molecular weight excluding hydrogens is 507 g/mol. The molecule has 0 atom stereocenters. The summed E-state index contributed by atoms with van der Waals surface area (Å²) in [5.74, 6) is -0.402. The van der Waals surface area contributed by atoms with Crippen molar-refractivity contribution in [2.24, 2.45) is 0 Å². The minimum atomic E-state index is -4.78. The SMILES string of the molecule is Nc1nc(N)n(-c2cc(Cl)c(-c3ccc(S(=O)(=O)N4CCNCC45CC5)cc3)c(C(F)(F)F)c2)n1. The van der Waals surface area contributed by atoms with Crippen LogP contribution in [-0.2, 0) is 16.2 Å². The van der Waals surface area contributed by atoms with E-state index in [4.69, 9.17) is 23.1 Å². The first-order chi connectivity index (χ1) is 16.4. The molecule has 2 heterocycles. The van der Waals surface area contributed by atoms with Gasteiger partial charge in [-0.3, -0.25) is 0 Å². The Labute approximate surface area is 203 Å². The maximum Gasteiger partial charge on any atom is 0.417 e. The molecule has 0 unspecified atom stereocenters. The summed E-state index contributed by atoms with van der Waals surface area (Å²) >= 11 is 6.31. The van der Waals surface area contributed by atoms with Crippen molar-refractivity contribution in [3.05, 3.63) is 47.0 Å². The Morgan fingerprint density at radius 1 is 1.11 bits per heavy atom. The predicted molar refractivity (Wildman–Crippen MR) is 124 cm³/mol. The third-order valence-electron chi connectivity index (χ3n) is 6.31. The third kappa shape index (κ3) is 4.11. The number of sulfonamides is 1. The molecule has 0 bridgehead atoms. The van der Waals surface area contributed by atoms with Crippen molar-refractivity contribution in [2.75, 3.05) is 31.1 Å². The third-order valence-corrected chi connectivity index (χ3v) is 8.62. The van der Waals surface area contributed by atoms with E-state index >= 15 is 0 Å². The average Bonchev–Trinajstić information content (AvgIpc) is 3.46. The number of alkyl halides is 3. The second kappa shape index (κ2) is 8.08. The molecule has 5 rings (SSSR count). The number of hydrogen-bond donors (Lipinski definition) is 3. The van der Waals surface area contributed by atoms with E-state index in [1.165, 1.54) is 34.6 Å². The molecule has 14 heteroatoms. The van der Waals surface area contributed by atoms with Gasteiger partial charge in [0.15, 0.2) is 0 Å². The zero-order valence-electron chi connectivity index (χ0n) is 18.2. The average molecular weight is 528 g/mol. The second-order valence-electron chi connectivity index (χ2n) is 8.59. The Bertz CT molecular complexity index is 1400. The van der Waals surface area contributed by atoms with Gasteiger partial charge in [-0.05, 0) is 42.7 Å². The van der Waals surface area contributed by atoms with Crippen LogP contribution in [0.5, 0.6) is 0 Å². The summed E-state index contributed by atoms with van der Waals surface area (Å²) in [6.07, 6.45) is -3.23. The molecule has 0 radical (unpaired) electrons. The molecule has 5 N–H and O–H groups in total. The highest BCUT2D eigenvalue weighted by molar-refractivity contribution is 7.89. The van der Waals surface area contributed by atoms with Crippen molar-refractivity contribution < 1.29 is 21.6 Å². The molecule has 2 fully saturated rings. The number of aromatic nitrogens is 3. The molecule has 1 saturated carbocycles. The quantitative estimate of drug-likeness (QED) is 0.475. The van der Waals surface area contributed by atoms with E-state index in [9.17, 15) is 21.6 Å². The molecule has 9 nitrogen and oxygen atoms in total. The lowest BCUT2D eigenvalue weighted by Crippen LogP contribution is -2.55. The van der Waals surface area contributed by atoms with Gasteiger partial charge in [0.1, 0.15) is 0 Å². The minimum absolute atomic E-state index is 0.0154. The molecule has 1 saturated heterocycles. The summed E-state index contributed by atoms with van der Waals surface area (Å²) < 4.78 is 71.2. The van der Waals surface area contributed by atoms with Crippen LogP contribution in [0.2, 0.25) is 5.02 Å². The highest BCUT2D eigenvalue weighted by Crippen LogP contribution is 2.46. The van der Waals surface area contributed by atoms with Crippen LogP contribution >= 0.6 is 11.6 Å². The number of piperazine rings is 1. The van der Waals surface area contributed by atoms with Crippen molar-refractivity contribution in [2.45, 2.75) is 29.5 Å². The number of rotatable bonds is 4. The molecule has 3 aromatic rings. The maximum atomic E-state index is 14.1. The van der Waals surface area contributed by atoms with Gasteiger partial charge < -0.3 is 16.8 Å². The lowest BCUT2D eigenvalue weighted by atomic mass is 9.98. The molecule has 1 aliphatic carbocycles. The van der Waals surface area contributed by atoms with E-state index in [1.807, 2.05) is 0 Å². The Balaban J connectivity index is 1.55. The smallest absolute Gasteiger partial charge is 0.368 e. The van der Waals surface area contributed by atoms with Crippen molar-refractivity contribution in [3.63, 3.8) is 0 Å². The van der Waals surface area contributed by atoms with Gasteiger partial charge in [-0.1, -0.05) is 23.7 Å². The molecule has 35 heavy (non-hydrogen) atoms. The number of benzene rings is 2. The fourth-order valence-electron chi connectivity index (χ4n) is 4.46. The van der Waals surface area contributed by atoms with Gasteiger partial charge in [0.2, 0.25) is 21.9 Å². The van der Waals surface area contributed by atoms with Crippen LogP contribution in [0.1, 0.15) is 18.4 Å². The summed E-state index contributed by atoms with van der Waals surface area (Å²) in [4.78, 5) is 3.71. The summed E-state index contributed by atoms with van der Waals surface area (Å²) in [7, 11) is -3.81. The van der Waals surface area contributed by atoms with Gasteiger partial charge in [-0.15, -0.1) is 5.10 Å². The van der Waals surface area contributed by atoms with Gasteiger partial charge in [-0.25, -0.2) is 8.42 Å². The fraction of sp³-hybridized carbons (Fsp3) is 0.333. The van der Waals surface area contributed by atoms with Crippen molar-refractivity contribution in [3.8, 4) is 16.8 Å². The van der Waals surface area contributed by atoms with Gasteiger partial charge in [-0.2, -0.15) is 27.1 Å². The summed E-state index contributed by atoms with van der Waals surface area (Å²) in [5, 5.41) is 6.80. The normalized spacial score (nSPS) is 18.2. The number of nitrogens with two attached hydrogens (primary N) is 2. The molecule has 2 aromatic carbocycles. The number of anilines is 2. The molecule has 0 amide bonds. The fourth-order valence-corrected chi connectivity index (χ4v) is 6.60. The molecule has 1 spiro atoms. The van der Waals surface area contributed by atoms with Crippen LogP contribution in [0, 0.1) is 0 Å². The monoisotopic (exact) mass is 527 g/mol. The zero-order chi connectivity index (χ0) is 25.2. The first-order valence-corrected chi connectivity index (χ1v) is 12.5. The van der Waals surface area contributed by atoms with E-state index in [0.717, 1.165) is 23.6 Å². The number of halogens is 4. The number of nitrogens with one attached hydrogen (secondary N) is 1. The summed E-state index contributed by atoms with van der Waals surface area (Å²) in [6, 6.07) is 7.37. The summed E-state index contributed by atoms with van der Waals surface area (Å²) in [5.41, 5.74) is 9.48. The van der Waals surface area contributed by atoms with Gasteiger partial charge in [0, 0.05) is 30.7 Å². The van der Waals surface area contributed by atoms with Crippen LogP contribution in [0.3, 0.4) is 0 Å². The maximum absolute atomic E-state index is 14.1. The Morgan fingerprint density at radius 3 is 2.37 bits per heavy atom. The van der Waals surface area contributed by atoms with Crippen molar-refractivity contribution in [1.29, 1.82) is 0 Å². The zero-order valence-corrected chi connectivity index (χ0v) is 19.8. The highest BCUT2D eigenvalue weighted by atomic mass is 35.5.